The molecule has 4 rings (SSSR count). The summed E-state index contributed by atoms with van der Waals surface area (Å²) in [5.41, 5.74) is 12.9. The van der Waals surface area contributed by atoms with Crippen molar-refractivity contribution >= 4 is 17.3 Å². The summed E-state index contributed by atoms with van der Waals surface area (Å²) >= 11 is 0. The van der Waals surface area contributed by atoms with Crippen LogP contribution in [0.3, 0.4) is 0 Å². The van der Waals surface area contributed by atoms with Crippen LogP contribution in [-0.4, -0.2) is 5.91 Å². The van der Waals surface area contributed by atoms with Crippen molar-refractivity contribution in [2.45, 2.75) is 5.41 Å². The lowest BCUT2D eigenvalue weighted by molar-refractivity contribution is -0.118. The van der Waals surface area contributed by atoms with E-state index in [9.17, 15) is 10.1 Å². The molecule has 6 nitrogen and oxygen atoms in total. The maximum atomic E-state index is 12.9. The summed E-state index contributed by atoms with van der Waals surface area (Å²) in [4.78, 5) is 12.9. The van der Waals surface area contributed by atoms with Gasteiger partial charge in [-0.3, -0.25) is 4.79 Å². The summed E-state index contributed by atoms with van der Waals surface area (Å²) in [7, 11) is 0. The summed E-state index contributed by atoms with van der Waals surface area (Å²) in [6.07, 6.45) is 0. The quantitative estimate of drug-likeness (QED) is 0.639. The van der Waals surface area contributed by atoms with E-state index in [0.29, 0.717) is 28.3 Å². The fraction of sp³-hybridized carbons (Fsp3) is 0.0588. The molecule has 2 aromatic rings. The standard InChI is InChI=1S/C17H12N4O2/c18-8-12-15(20)23-14-6-5-9(19)7-11(14)17(12)10-3-1-2-4-13(10)21-16(17)22/h1-7H,19-20H2,(H,21,22)/t17-/m0/s1. The van der Waals surface area contributed by atoms with Crippen molar-refractivity contribution in [1.82, 2.24) is 0 Å². The number of ether oxygens (including phenoxy) is 1. The van der Waals surface area contributed by atoms with Crippen LogP contribution in [0.15, 0.2) is 53.9 Å². The lowest BCUT2D eigenvalue weighted by atomic mass is 9.69. The molecule has 112 valence electrons. The number of fused-ring (bicyclic) bond motifs is 4. The minimum Gasteiger partial charge on any atom is -0.440 e. The number of nitrogens with one attached hydrogen (secondary N) is 1. The van der Waals surface area contributed by atoms with E-state index in [2.05, 4.69) is 5.32 Å². The normalized spacial score (nSPS) is 21.3. The van der Waals surface area contributed by atoms with Crippen molar-refractivity contribution in [3.8, 4) is 11.8 Å². The number of anilines is 2. The molecule has 2 aliphatic heterocycles. The van der Waals surface area contributed by atoms with Gasteiger partial charge in [0.15, 0.2) is 0 Å². The molecule has 2 aliphatic rings. The highest BCUT2D eigenvalue weighted by Crippen LogP contribution is 2.53. The maximum absolute atomic E-state index is 12.9. The molecule has 0 saturated heterocycles. The van der Waals surface area contributed by atoms with Gasteiger partial charge in [0, 0.05) is 22.5 Å². The van der Waals surface area contributed by atoms with E-state index in [1.807, 2.05) is 18.2 Å². The molecule has 2 aromatic carbocycles. The number of carbonyl (C=O) groups is 1. The van der Waals surface area contributed by atoms with Gasteiger partial charge in [-0.05, 0) is 24.3 Å². The maximum Gasteiger partial charge on any atom is 0.245 e. The van der Waals surface area contributed by atoms with E-state index in [4.69, 9.17) is 16.2 Å². The molecule has 1 atom stereocenters. The van der Waals surface area contributed by atoms with E-state index in [0.717, 1.165) is 0 Å². The minimum atomic E-state index is -1.33. The highest BCUT2D eigenvalue weighted by molar-refractivity contribution is 6.12. The Morgan fingerprint density at radius 3 is 2.70 bits per heavy atom. The molecule has 5 N–H and O–H groups in total. The monoisotopic (exact) mass is 304 g/mol. The molecule has 0 aromatic heterocycles. The zero-order chi connectivity index (χ0) is 16.2. The third-order valence-corrected chi connectivity index (χ3v) is 4.28. The largest absolute Gasteiger partial charge is 0.440 e. The lowest BCUT2D eigenvalue weighted by Crippen LogP contribution is -2.42. The number of hydrogen-bond acceptors (Lipinski definition) is 5. The Balaban J connectivity index is 2.17. The first-order valence-corrected chi connectivity index (χ1v) is 6.98. The molecule has 0 fully saturated rings. The molecule has 1 spiro atoms. The van der Waals surface area contributed by atoms with Crippen LogP contribution in [-0.2, 0) is 10.2 Å². The van der Waals surface area contributed by atoms with Crippen molar-refractivity contribution in [3.63, 3.8) is 0 Å². The van der Waals surface area contributed by atoms with Gasteiger partial charge >= 0.3 is 0 Å². The van der Waals surface area contributed by atoms with E-state index < -0.39 is 5.41 Å². The van der Waals surface area contributed by atoms with Crippen molar-refractivity contribution in [3.05, 3.63) is 65.0 Å². The Labute approximate surface area is 132 Å². The number of para-hydroxylation sites is 1. The minimum absolute atomic E-state index is 0.0676. The Kier molecular flexibility index (Phi) is 2.46. The van der Waals surface area contributed by atoms with Crippen LogP contribution in [0.1, 0.15) is 11.1 Å². The molecule has 0 unspecified atom stereocenters. The predicted octanol–water partition coefficient (Wildman–Crippen LogP) is 1.59. The second kappa shape index (κ2) is 4.27. The van der Waals surface area contributed by atoms with Crippen LogP contribution in [0.2, 0.25) is 0 Å². The number of nitrogens with zero attached hydrogens (tertiary/aromatic N) is 1. The fourth-order valence-electron chi connectivity index (χ4n) is 3.33. The van der Waals surface area contributed by atoms with Crippen LogP contribution in [0.4, 0.5) is 11.4 Å². The highest BCUT2D eigenvalue weighted by atomic mass is 16.5. The van der Waals surface area contributed by atoms with Gasteiger partial charge in [-0.15, -0.1) is 0 Å². The van der Waals surface area contributed by atoms with Crippen LogP contribution < -0.4 is 21.5 Å². The number of nitriles is 1. The van der Waals surface area contributed by atoms with E-state index >= 15 is 0 Å². The van der Waals surface area contributed by atoms with Crippen molar-refractivity contribution in [2.24, 2.45) is 5.73 Å². The van der Waals surface area contributed by atoms with E-state index in [1.165, 1.54) is 0 Å². The second-order valence-electron chi connectivity index (χ2n) is 5.46. The summed E-state index contributed by atoms with van der Waals surface area (Å²) in [6.45, 7) is 0. The summed E-state index contributed by atoms with van der Waals surface area (Å²) in [5.74, 6) is 0.00697. The third kappa shape index (κ3) is 1.48. The van der Waals surface area contributed by atoms with E-state index in [1.54, 1.807) is 30.3 Å². The van der Waals surface area contributed by atoms with Crippen LogP contribution in [0, 0.1) is 11.3 Å². The van der Waals surface area contributed by atoms with Gasteiger partial charge in [0.25, 0.3) is 0 Å². The number of benzene rings is 2. The third-order valence-electron chi connectivity index (χ3n) is 4.28. The number of nitrogen functional groups attached to an aromatic ring is 1. The Morgan fingerprint density at radius 2 is 1.91 bits per heavy atom. The number of nitrogens with two attached hydrogens (primary N) is 2. The first kappa shape index (κ1) is 13.2. The van der Waals surface area contributed by atoms with Gasteiger partial charge in [0.1, 0.15) is 22.8 Å². The van der Waals surface area contributed by atoms with Crippen LogP contribution in [0.25, 0.3) is 0 Å². The molecule has 2 heterocycles. The van der Waals surface area contributed by atoms with Gasteiger partial charge in [0.05, 0.1) is 0 Å². The molecule has 0 aliphatic carbocycles. The van der Waals surface area contributed by atoms with Crippen molar-refractivity contribution in [1.29, 1.82) is 5.26 Å². The number of rotatable bonds is 0. The molecule has 0 radical (unpaired) electrons. The topological polar surface area (TPSA) is 114 Å². The van der Waals surface area contributed by atoms with Crippen LogP contribution >= 0.6 is 0 Å². The second-order valence-corrected chi connectivity index (χ2v) is 5.46. The summed E-state index contributed by atoms with van der Waals surface area (Å²) < 4.78 is 5.54. The molecule has 23 heavy (non-hydrogen) atoms. The van der Waals surface area contributed by atoms with Gasteiger partial charge in [0.2, 0.25) is 11.8 Å². The van der Waals surface area contributed by atoms with Gasteiger partial charge in [-0.2, -0.15) is 5.26 Å². The molecule has 0 saturated carbocycles. The predicted molar refractivity (Wildman–Crippen MR) is 84.2 cm³/mol. The average molecular weight is 304 g/mol. The molecule has 6 heteroatoms. The molecular formula is C17H12N4O2. The molecular weight excluding hydrogens is 292 g/mol. The number of amides is 1. The SMILES string of the molecule is N#CC1=C(N)Oc2ccc(N)cc2[C@]12C(=O)Nc1ccccc12. The summed E-state index contributed by atoms with van der Waals surface area (Å²) in [5, 5.41) is 12.5. The van der Waals surface area contributed by atoms with Crippen LogP contribution in [0.5, 0.6) is 5.75 Å². The van der Waals surface area contributed by atoms with Gasteiger partial charge < -0.3 is 21.5 Å². The zero-order valence-electron chi connectivity index (χ0n) is 12.0. The Hall–Kier alpha value is -3.46. The summed E-state index contributed by atoms with van der Waals surface area (Å²) in [6, 6.07) is 14.2. The van der Waals surface area contributed by atoms with Crippen molar-refractivity contribution < 1.29 is 9.53 Å². The Bertz CT molecular complexity index is 942. The smallest absolute Gasteiger partial charge is 0.245 e. The van der Waals surface area contributed by atoms with Gasteiger partial charge in [-0.25, -0.2) is 0 Å². The van der Waals surface area contributed by atoms with E-state index in [-0.39, 0.29) is 17.4 Å². The lowest BCUT2D eigenvalue weighted by Gasteiger charge is -2.33. The molecule has 1 amide bonds. The van der Waals surface area contributed by atoms with Gasteiger partial charge in [-0.1, -0.05) is 18.2 Å². The highest BCUT2D eigenvalue weighted by Gasteiger charge is 2.56. The Morgan fingerprint density at radius 1 is 1.13 bits per heavy atom. The number of carbonyl (C=O) groups excluding carboxylic acids is 1. The first-order valence-electron chi connectivity index (χ1n) is 6.98. The number of hydrogen-bond donors (Lipinski definition) is 3. The fourth-order valence-corrected chi connectivity index (χ4v) is 3.33. The van der Waals surface area contributed by atoms with Crippen molar-refractivity contribution in [2.75, 3.05) is 11.1 Å². The first-order chi connectivity index (χ1) is 11.1. The molecule has 0 bridgehead atoms. The average Bonchev–Trinajstić information content (AvgIpc) is 2.82. The zero-order valence-corrected chi connectivity index (χ0v) is 12.0.